The number of aryl methyl sites for hydroxylation is 2. The summed E-state index contributed by atoms with van der Waals surface area (Å²) in [5, 5.41) is 6.98. The number of aromatic nitrogens is 3. The molecule has 1 atom stereocenters. The Labute approximate surface area is 171 Å². The van der Waals surface area contributed by atoms with E-state index in [2.05, 4.69) is 20.4 Å². The lowest BCUT2D eigenvalue weighted by atomic mass is 9.93. The maximum Gasteiger partial charge on any atom is 0.259 e. The number of thioether (sulfide) groups is 1. The average molecular weight is 421 g/mol. The van der Waals surface area contributed by atoms with Crippen LogP contribution in [-0.2, 0) is 16.0 Å². The predicted molar refractivity (Wildman–Crippen MR) is 114 cm³/mol. The highest BCUT2D eigenvalue weighted by Gasteiger charge is 2.22. The van der Waals surface area contributed by atoms with E-state index in [0.29, 0.717) is 28.5 Å². The molecule has 2 N–H and O–H groups in total. The van der Waals surface area contributed by atoms with Gasteiger partial charge < -0.3 is 14.8 Å². The highest BCUT2D eigenvalue weighted by atomic mass is 32.2. The molecule has 3 aromatic heterocycles. The molecule has 0 aliphatic rings. The standard InChI is InChI=1S/C19H24N4O3S2/c1-9-10(2)28-18-15(9)17(25)21-14(22-18)8-27-11(3)16(24)20-13-7-12(26-23-13)19(4,5)6/h7,11H,8H2,1-6H3,(H,20,23,24)(H,21,22,25). The van der Waals surface area contributed by atoms with E-state index in [-0.39, 0.29) is 22.1 Å². The van der Waals surface area contributed by atoms with E-state index in [9.17, 15) is 9.59 Å². The van der Waals surface area contributed by atoms with Crippen molar-refractivity contribution in [3.63, 3.8) is 0 Å². The van der Waals surface area contributed by atoms with Crippen molar-refractivity contribution in [1.82, 2.24) is 15.1 Å². The molecule has 0 saturated heterocycles. The van der Waals surface area contributed by atoms with E-state index in [4.69, 9.17) is 4.52 Å². The number of hydrogen-bond acceptors (Lipinski definition) is 7. The Bertz CT molecular complexity index is 1080. The Balaban J connectivity index is 1.64. The molecule has 1 unspecified atom stereocenters. The van der Waals surface area contributed by atoms with Crippen LogP contribution in [0, 0.1) is 13.8 Å². The second kappa shape index (κ2) is 7.71. The summed E-state index contributed by atoms with van der Waals surface area (Å²) in [6, 6.07) is 1.74. The quantitative estimate of drug-likeness (QED) is 0.643. The van der Waals surface area contributed by atoms with Crippen LogP contribution in [0.5, 0.6) is 0 Å². The van der Waals surface area contributed by atoms with Crippen LogP contribution in [0.3, 0.4) is 0 Å². The van der Waals surface area contributed by atoms with Gasteiger partial charge in [-0.25, -0.2) is 4.98 Å². The monoisotopic (exact) mass is 420 g/mol. The Morgan fingerprint density at radius 3 is 2.75 bits per heavy atom. The average Bonchev–Trinajstić information content (AvgIpc) is 3.17. The van der Waals surface area contributed by atoms with Crippen molar-refractivity contribution in [2.45, 2.75) is 58.0 Å². The van der Waals surface area contributed by atoms with Crippen LogP contribution in [0.4, 0.5) is 5.82 Å². The van der Waals surface area contributed by atoms with Gasteiger partial charge in [0.15, 0.2) is 5.82 Å². The molecule has 3 rings (SSSR count). The molecular formula is C19H24N4O3S2. The fourth-order valence-electron chi connectivity index (χ4n) is 2.56. The number of thiophene rings is 1. The largest absolute Gasteiger partial charge is 0.359 e. The number of amides is 1. The number of rotatable bonds is 5. The van der Waals surface area contributed by atoms with Gasteiger partial charge in [0.05, 0.1) is 16.4 Å². The number of H-pyrrole nitrogens is 1. The molecule has 3 aromatic rings. The second-order valence-electron chi connectivity index (χ2n) is 7.74. The molecule has 9 heteroatoms. The highest BCUT2D eigenvalue weighted by molar-refractivity contribution is 7.99. The van der Waals surface area contributed by atoms with Crippen LogP contribution < -0.4 is 10.9 Å². The van der Waals surface area contributed by atoms with Crippen molar-refractivity contribution in [1.29, 1.82) is 0 Å². The van der Waals surface area contributed by atoms with Crippen LogP contribution >= 0.6 is 23.1 Å². The normalized spacial score (nSPS) is 13.1. The number of anilines is 1. The van der Waals surface area contributed by atoms with Gasteiger partial charge in [0.1, 0.15) is 16.4 Å². The molecule has 0 spiro atoms. The van der Waals surface area contributed by atoms with Crippen LogP contribution in [0.15, 0.2) is 15.4 Å². The molecule has 0 saturated carbocycles. The van der Waals surface area contributed by atoms with Gasteiger partial charge in [0.2, 0.25) is 5.91 Å². The number of carbonyl (C=O) groups excluding carboxylic acids is 1. The number of aromatic amines is 1. The summed E-state index contributed by atoms with van der Waals surface area (Å²) < 4.78 is 5.28. The lowest BCUT2D eigenvalue weighted by Gasteiger charge is -2.12. The van der Waals surface area contributed by atoms with Crippen molar-refractivity contribution in [2.75, 3.05) is 5.32 Å². The number of carbonyl (C=O) groups is 1. The van der Waals surface area contributed by atoms with Crippen molar-refractivity contribution in [3.05, 3.63) is 38.4 Å². The lowest BCUT2D eigenvalue weighted by molar-refractivity contribution is -0.115. The van der Waals surface area contributed by atoms with Gasteiger partial charge in [-0.15, -0.1) is 23.1 Å². The molecule has 150 valence electrons. The smallest absolute Gasteiger partial charge is 0.259 e. The summed E-state index contributed by atoms with van der Waals surface area (Å²) in [6.07, 6.45) is 0. The number of nitrogens with zero attached hydrogens (tertiary/aromatic N) is 2. The zero-order chi connectivity index (χ0) is 20.6. The van der Waals surface area contributed by atoms with E-state index in [0.717, 1.165) is 15.3 Å². The summed E-state index contributed by atoms with van der Waals surface area (Å²) >= 11 is 2.91. The molecule has 0 bridgehead atoms. The third-order valence-electron chi connectivity index (χ3n) is 4.43. The third kappa shape index (κ3) is 4.30. The van der Waals surface area contributed by atoms with Gasteiger partial charge in [-0.3, -0.25) is 9.59 Å². The second-order valence-corrected chi connectivity index (χ2v) is 10.3. The number of hydrogen-bond donors (Lipinski definition) is 2. The Morgan fingerprint density at radius 1 is 1.39 bits per heavy atom. The topological polar surface area (TPSA) is 101 Å². The fraction of sp³-hybridized carbons (Fsp3) is 0.474. The first kappa shape index (κ1) is 20.6. The zero-order valence-electron chi connectivity index (χ0n) is 16.8. The van der Waals surface area contributed by atoms with Crippen molar-refractivity contribution >= 4 is 45.0 Å². The highest BCUT2D eigenvalue weighted by Crippen LogP contribution is 2.27. The molecule has 7 nitrogen and oxygen atoms in total. The summed E-state index contributed by atoms with van der Waals surface area (Å²) in [4.78, 5) is 34.0. The van der Waals surface area contributed by atoms with Gasteiger partial charge in [0.25, 0.3) is 5.56 Å². The van der Waals surface area contributed by atoms with E-state index < -0.39 is 0 Å². The molecule has 0 aliphatic heterocycles. The van der Waals surface area contributed by atoms with Gasteiger partial charge in [-0.1, -0.05) is 25.9 Å². The van der Waals surface area contributed by atoms with Gasteiger partial charge in [-0.2, -0.15) is 0 Å². The van der Waals surface area contributed by atoms with Crippen molar-refractivity contribution in [2.24, 2.45) is 0 Å². The lowest BCUT2D eigenvalue weighted by Crippen LogP contribution is -2.23. The minimum atomic E-state index is -0.345. The number of fused-ring (bicyclic) bond motifs is 1. The first-order valence-corrected chi connectivity index (χ1v) is 10.8. The summed E-state index contributed by atoms with van der Waals surface area (Å²) in [7, 11) is 0. The fourth-order valence-corrected chi connectivity index (χ4v) is 4.37. The summed E-state index contributed by atoms with van der Waals surface area (Å²) in [5.41, 5.74) is 0.671. The van der Waals surface area contributed by atoms with Gasteiger partial charge >= 0.3 is 0 Å². The predicted octanol–water partition coefficient (Wildman–Crippen LogP) is 4.15. The zero-order valence-corrected chi connectivity index (χ0v) is 18.4. The van der Waals surface area contributed by atoms with E-state index in [1.54, 1.807) is 13.0 Å². The van der Waals surface area contributed by atoms with Crippen LogP contribution in [0.25, 0.3) is 10.2 Å². The first-order chi connectivity index (χ1) is 13.1. The van der Waals surface area contributed by atoms with Crippen LogP contribution in [-0.4, -0.2) is 26.3 Å². The van der Waals surface area contributed by atoms with Crippen molar-refractivity contribution < 1.29 is 9.32 Å². The molecule has 0 aromatic carbocycles. The van der Waals surface area contributed by atoms with Crippen LogP contribution in [0.2, 0.25) is 0 Å². The van der Waals surface area contributed by atoms with E-state index >= 15 is 0 Å². The molecule has 3 heterocycles. The maximum atomic E-state index is 12.4. The Kier molecular flexibility index (Phi) is 5.67. The minimum absolute atomic E-state index is 0.128. The molecule has 0 aliphatic carbocycles. The van der Waals surface area contributed by atoms with E-state index in [1.165, 1.54) is 23.1 Å². The van der Waals surface area contributed by atoms with Gasteiger partial charge in [0, 0.05) is 16.4 Å². The van der Waals surface area contributed by atoms with E-state index in [1.807, 2.05) is 34.6 Å². The Morgan fingerprint density at radius 2 is 2.11 bits per heavy atom. The molecule has 0 radical (unpaired) electrons. The molecule has 1 amide bonds. The summed E-state index contributed by atoms with van der Waals surface area (Å²) in [6.45, 7) is 11.8. The van der Waals surface area contributed by atoms with Crippen LogP contribution in [0.1, 0.15) is 49.7 Å². The molecule has 0 fully saturated rings. The SMILES string of the molecule is Cc1sc2nc(CSC(C)C(=O)Nc3cc(C(C)(C)C)on3)[nH]c(=O)c2c1C. The minimum Gasteiger partial charge on any atom is -0.359 e. The maximum absolute atomic E-state index is 12.4. The van der Waals surface area contributed by atoms with Crippen molar-refractivity contribution in [3.8, 4) is 0 Å². The third-order valence-corrected chi connectivity index (χ3v) is 6.68. The first-order valence-electron chi connectivity index (χ1n) is 8.95. The Hall–Kier alpha value is -2.13. The van der Waals surface area contributed by atoms with Gasteiger partial charge in [-0.05, 0) is 26.3 Å². The molecular weight excluding hydrogens is 396 g/mol. The summed E-state index contributed by atoms with van der Waals surface area (Å²) in [5.74, 6) is 1.94. The molecule has 28 heavy (non-hydrogen) atoms. The number of nitrogens with one attached hydrogen (secondary N) is 2.